The van der Waals surface area contributed by atoms with Crippen LogP contribution in [0.4, 0.5) is 0 Å². The van der Waals surface area contributed by atoms with Crippen molar-refractivity contribution < 1.29 is 9.21 Å². The van der Waals surface area contributed by atoms with Gasteiger partial charge in [-0.15, -0.1) is 10.2 Å². The number of aromatic nitrogens is 3. The molecule has 0 spiro atoms. The summed E-state index contributed by atoms with van der Waals surface area (Å²) >= 11 is 1.34. The van der Waals surface area contributed by atoms with Crippen molar-refractivity contribution in [3.05, 3.63) is 54.3 Å². The third-order valence-corrected chi connectivity index (χ3v) is 4.29. The summed E-state index contributed by atoms with van der Waals surface area (Å²) < 4.78 is 7.43. The van der Waals surface area contributed by atoms with E-state index in [1.165, 1.54) is 11.8 Å². The van der Waals surface area contributed by atoms with Gasteiger partial charge in [0.15, 0.2) is 10.9 Å². The van der Waals surface area contributed by atoms with Crippen molar-refractivity contribution in [1.29, 1.82) is 0 Å². The highest BCUT2D eigenvalue weighted by Gasteiger charge is 2.17. The largest absolute Gasteiger partial charge is 0.461 e. The maximum absolute atomic E-state index is 11.9. The summed E-state index contributed by atoms with van der Waals surface area (Å²) in [7, 11) is 3.55. The van der Waals surface area contributed by atoms with E-state index in [4.69, 9.17) is 4.42 Å². The SMILES string of the molecule is CN(C)NC(=O)CSc1nnc(-c2ccco2)n1Cc1ccccc1. The first-order valence-electron chi connectivity index (χ1n) is 7.74. The van der Waals surface area contributed by atoms with Crippen LogP contribution in [-0.4, -0.2) is 45.5 Å². The lowest BCUT2D eigenvalue weighted by atomic mass is 10.2. The van der Waals surface area contributed by atoms with Crippen LogP contribution in [0.1, 0.15) is 5.56 Å². The summed E-state index contributed by atoms with van der Waals surface area (Å²) in [5.41, 5.74) is 3.83. The van der Waals surface area contributed by atoms with Crippen LogP contribution in [0.5, 0.6) is 0 Å². The number of hydrogen-bond donors (Lipinski definition) is 1. The normalized spacial score (nSPS) is 11.0. The van der Waals surface area contributed by atoms with Crippen molar-refractivity contribution in [3.63, 3.8) is 0 Å². The van der Waals surface area contributed by atoms with Crippen molar-refractivity contribution in [3.8, 4) is 11.6 Å². The third kappa shape index (κ3) is 4.49. The Kier molecular flexibility index (Phi) is 5.52. The molecule has 7 nitrogen and oxygen atoms in total. The monoisotopic (exact) mass is 357 g/mol. The highest BCUT2D eigenvalue weighted by atomic mass is 32.2. The summed E-state index contributed by atoms with van der Waals surface area (Å²) in [5.74, 6) is 1.45. The summed E-state index contributed by atoms with van der Waals surface area (Å²) in [4.78, 5) is 11.9. The van der Waals surface area contributed by atoms with E-state index in [0.29, 0.717) is 23.3 Å². The predicted octanol–water partition coefficient (Wildman–Crippen LogP) is 2.27. The Labute approximate surface area is 150 Å². The number of hydrazine groups is 1. The molecule has 3 aromatic rings. The summed E-state index contributed by atoms with van der Waals surface area (Å²) in [5, 5.41) is 10.8. The van der Waals surface area contributed by atoms with E-state index in [9.17, 15) is 4.79 Å². The molecule has 0 fully saturated rings. The number of nitrogens with zero attached hydrogens (tertiary/aromatic N) is 4. The van der Waals surface area contributed by atoms with E-state index >= 15 is 0 Å². The molecule has 1 N–H and O–H groups in total. The van der Waals surface area contributed by atoms with Gasteiger partial charge in [0.05, 0.1) is 18.6 Å². The lowest BCUT2D eigenvalue weighted by molar-refractivity contribution is -0.122. The molecule has 3 rings (SSSR count). The Morgan fingerprint density at radius 3 is 2.68 bits per heavy atom. The van der Waals surface area contributed by atoms with E-state index < -0.39 is 0 Å². The number of nitrogens with one attached hydrogen (secondary N) is 1. The van der Waals surface area contributed by atoms with Crippen molar-refractivity contribution in [2.24, 2.45) is 0 Å². The molecule has 25 heavy (non-hydrogen) atoms. The Morgan fingerprint density at radius 2 is 2.00 bits per heavy atom. The topological polar surface area (TPSA) is 76.2 Å². The number of thioether (sulfide) groups is 1. The number of amides is 1. The standard InChI is InChI=1S/C17H19N5O2S/c1-21(2)20-15(23)12-25-17-19-18-16(14-9-6-10-24-14)22(17)11-13-7-4-3-5-8-13/h3-10H,11-12H2,1-2H3,(H,20,23). The first-order valence-corrected chi connectivity index (χ1v) is 8.72. The molecule has 1 amide bonds. The van der Waals surface area contributed by atoms with Crippen LogP contribution in [0.15, 0.2) is 58.3 Å². The minimum Gasteiger partial charge on any atom is -0.461 e. The lowest BCUT2D eigenvalue weighted by Gasteiger charge is -2.12. The fourth-order valence-electron chi connectivity index (χ4n) is 2.30. The second-order valence-corrected chi connectivity index (χ2v) is 6.52. The average Bonchev–Trinajstić information content (AvgIpc) is 3.23. The van der Waals surface area contributed by atoms with Gasteiger partial charge < -0.3 is 4.42 Å². The summed E-state index contributed by atoms with van der Waals surface area (Å²) in [6, 6.07) is 13.7. The quantitative estimate of drug-likeness (QED) is 0.516. The van der Waals surface area contributed by atoms with Crippen LogP contribution in [0.25, 0.3) is 11.6 Å². The van der Waals surface area contributed by atoms with Gasteiger partial charge in [-0.1, -0.05) is 42.1 Å². The van der Waals surface area contributed by atoms with Gasteiger partial charge in [0.1, 0.15) is 0 Å². The second kappa shape index (κ2) is 8.00. The summed E-state index contributed by atoms with van der Waals surface area (Å²) in [6.45, 7) is 0.599. The Hall–Kier alpha value is -2.58. The van der Waals surface area contributed by atoms with Crippen LogP contribution < -0.4 is 5.43 Å². The first kappa shape index (κ1) is 17.2. The molecule has 8 heteroatoms. The maximum atomic E-state index is 11.9. The molecule has 0 saturated heterocycles. The van der Waals surface area contributed by atoms with E-state index in [2.05, 4.69) is 15.6 Å². The van der Waals surface area contributed by atoms with Gasteiger partial charge >= 0.3 is 0 Å². The van der Waals surface area contributed by atoms with Crippen molar-refractivity contribution in [2.45, 2.75) is 11.7 Å². The zero-order valence-electron chi connectivity index (χ0n) is 14.0. The highest BCUT2D eigenvalue weighted by molar-refractivity contribution is 7.99. The molecule has 0 aliphatic carbocycles. The van der Waals surface area contributed by atoms with Crippen LogP contribution in [0, 0.1) is 0 Å². The van der Waals surface area contributed by atoms with Gasteiger partial charge in [0.2, 0.25) is 11.7 Å². The van der Waals surface area contributed by atoms with Gasteiger partial charge in [-0.25, -0.2) is 5.01 Å². The number of carbonyl (C=O) groups excluding carboxylic acids is 1. The molecule has 0 unspecified atom stereocenters. The van der Waals surface area contributed by atoms with Crippen molar-refractivity contribution in [2.75, 3.05) is 19.8 Å². The molecule has 2 aromatic heterocycles. The number of furan rings is 1. The third-order valence-electron chi connectivity index (χ3n) is 3.32. The Morgan fingerprint density at radius 1 is 1.20 bits per heavy atom. The van der Waals surface area contributed by atoms with E-state index in [0.717, 1.165) is 5.56 Å². The minimum atomic E-state index is -0.0937. The number of rotatable bonds is 7. The molecule has 1 aromatic carbocycles. The van der Waals surface area contributed by atoms with Crippen molar-refractivity contribution in [1.82, 2.24) is 25.2 Å². The average molecular weight is 357 g/mol. The predicted molar refractivity (Wildman–Crippen MR) is 95.8 cm³/mol. The number of carbonyl (C=O) groups is 1. The zero-order chi connectivity index (χ0) is 17.6. The maximum Gasteiger partial charge on any atom is 0.244 e. The van der Waals surface area contributed by atoms with E-state index in [1.807, 2.05) is 47.0 Å². The molecule has 0 aliphatic heterocycles. The van der Waals surface area contributed by atoms with Crippen LogP contribution in [-0.2, 0) is 11.3 Å². The first-order chi connectivity index (χ1) is 12.1. The summed E-state index contributed by atoms with van der Waals surface area (Å²) in [6.07, 6.45) is 1.61. The zero-order valence-corrected chi connectivity index (χ0v) is 14.9. The van der Waals surface area contributed by atoms with Crippen molar-refractivity contribution >= 4 is 17.7 Å². The number of benzene rings is 1. The van der Waals surface area contributed by atoms with Gasteiger partial charge in [-0.05, 0) is 17.7 Å². The molecular weight excluding hydrogens is 338 g/mol. The van der Waals surface area contributed by atoms with Gasteiger partial charge in [0, 0.05) is 14.1 Å². The highest BCUT2D eigenvalue weighted by Crippen LogP contribution is 2.25. The molecule has 0 saturated carbocycles. The second-order valence-electron chi connectivity index (χ2n) is 5.57. The van der Waals surface area contributed by atoms with E-state index in [1.54, 1.807) is 25.4 Å². The van der Waals surface area contributed by atoms with Gasteiger partial charge in [-0.2, -0.15) is 0 Å². The number of hydrogen-bond acceptors (Lipinski definition) is 6. The van der Waals surface area contributed by atoms with Crippen LogP contribution in [0.2, 0.25) is 0 Å². The lowest BCUT2D eigenvalue weighted by Crippen LogP contribution is -2.37. The molecule has 0 aliphatic rings. The van der Waals surface area contributed by atoms with Crippen LogP contribution in [0.3, 0.4) is 0 Å². The molecule has 0 radical (unpaired) electrons. The fraction of sp³-hybridized carbons (Fsp3) is 0.235. The molecule has 0 bridgehead atoms. The van der Waals surface area contributed by atoms with Crippen LogP contribution >= 0.6 is 11.8 Å². The molecule has 0 atom stereocenters. The van der Waals surface area contributed by atoms with Gasteiger partial charge in [-0.3, -0.25) is 14.8 Å². The van der Waals surface area contributed by atoms with E-state index in [-0.39, 0.29) is 11.7 Å². The molecule has 2 heterocycles. The Bertz CT molecular complexity index is 815. The molecular formula is C17H19N5O2S. The van der Waals surface area contributed by atoms with Gasteiger partial charge in [0.25, 0.3) is 0 Å². The molecule has 130 valence electrons. The smallest absolute Gasteiger partial charge is 0.244 e. The minimum absolute atomic E-state index is 0.0937. The fourth-order valence-corrected chi connectivity index (χ4v) is 3.03. The Balaban J connectivity index is 1.83.